The van der Waals surface area contributed by atoms with Crippen molar-refractivity contribution in [1.29, 1.82) is 0 Å². The van der Waals surface area contributed by atoms with Gasteiger partial charge in [-0.2, -0.15) is 17.4 Å². The number of carbonyl (C=O) groups is 1. The normalized spacial score (nSPS) is 29.8. The molecule has 2 heterocycles. The summed E-state index contributed by atoms with van der Waals surface area (Å²) >= 11 is 0. The van der Waals surface area contributed by atoms with E-state index < -0.39 is 28.3 Å². The molecule has 116 valence electrons. The molecule has 20 heavy (non-hydrogen) atoms. The lowest BCUT2D eigenvalue weighted by Gasteiger charge is -2.26. The van der Waals surface area contributed by atoms with Crippen LogP contribution < -0.4 is 4.72 Å². The molecule has 8 heteroatoms. The molecule has 0 radical (unpaired) electrons. The number of nitrogens with one attached hydrogen (secondary N) is 1. The van der Waals surface area contributed by atoms with E-state index in [-0.39, 0.29) is 6.61 Å². The highest BCUT2D eigenvalue weighted by atomic mass is 32.2. The van der Waals surface area contributed by atoms with Crippen molar-refractivity contribution in [2.24, 2.45) is 0 Å². The van der Waals surface area contributed by atoms with Gasteiger partial charge < -0.3 is 9.84 Å². The maximum absolute atomic E-state index is 12.3. The minimum Gasteiger partial charge on any atom is -0.479 e. The van der Waals surface area contributed by atoms with Gasteiger partial charge in [-0.05, 0) is 19.3 Å². The van der Waals surface area contributed by atoms with Gasteiger partial charge in [0.15, 0.2) is 6.10 Å². The van der Waals surface area contributed by atoms with Crippen LogP contribution in [0.4, 0.5) is 0 Å². The number of rotatable bonds is 4. The van der Waals surface area contributed by atoms with Gasteiger partial charge in [0.05, 0.1) is 6.04 Å². The van der Waals surface area contributed by atoms with Gasteiger partial charge in [0.25, 0.3) is 10.2 Å². The number of aliphatic carboxylic acids is 1. The van der Waals surface area contributed by atoms with Gasteiger partial charge in [-0.15, -0.1) is 0 Å². The van der Waals surface area contributed by atoms with Crippen molar-refractivity contribution >= 4 is 16.2 Å². The van der Waals surface area contributed by atoms with Crippen molar-refractivity contribution in [2.45, 2.75) is 50.7 Å². The zero-order valence-electron chi connectivity index (χ0n) is 11.5. The summed E-state index contributed by atoms with van der Waals surface area (Å²) in [6, 6.07) is -0.678. The Labute approximate surface area is 119 Å². The number of hydrogen-bond acceptors (Lipinski definition) is 4. The third-order valence-electron chi connectivity index (χ3n) is 3.79. The topological polar surface area (TPSA) is 95.9 Å². The van der Waals surface area contributed by atoms with Gasteiger partial charge in [0.2, 0.25) is 0 Å². The number of nitrogens with zero attached hydrogens (tertiary/aromatic N) is 1. The second-order valence-corrected chi connectivity index (χ2v) is 7.02. The maximum atomic E-state index is 12.3. The van der Waals surface area contributed by atoms with E-state index in [1.165, 1.54) is 4.31 Å². The molecule has 2 N–H and O–H groups in total. The molecule has 2 fully saturated rings. The highest BCUT2D eigenvalue weighted by Crippen LogP contribution is 2.18. The quantitative estimate of drug-likeness (QED) is 0.780. The third kappa shape index (κ3) is 3.91. The van der Waals surface area contributed by atoms with E-state index in [1.54, 1.807) is 0 Å². The summed E-state index contributed by atoms with van der Waals surface area (Å²) in [6.07, 6.45) is 4.24. The van der Waals surface area contributed by atoms with Gasteiger partial charge in [-0.3, -0.25) is 0 Å². The molecule has 7 nitrogen and oxygen atoms in total. The molecule has 2 saturated heterocycles. The van der Waals surface area contributed by atoms with Gasteiger partial charge in [-0.25, -0.2) is 4.79 Å². The van der Waals surface area contributed by atoms with Gasteiger partial charge >= 0.3 is 5.97 Å². The Bertz CT molecular complexity index is 431. The van der Waals surface area contributed by atoms with E-state index in [2.05, 4.69) is 4.72 Å². The minimum absolute atomic E-state index is 0.268. The van der Waals surface area contributed by atoms with Crippen molar-refractivity contribution in [1.82, 2.24) is 9.03 Å². The van der Waals surface area contributed by atoms with E-state index in [0.29, 0.717) is 19.5 Å². The SMILES string of the molecule is O=C(O)[C@@H]1OCC[C@@H]1NS(=O)(=O)N1CCCCCCC1. The predicted octanol–water partition coefficient (Wildman–Crippen LogP) is 0.329. The molecule has 2 rings (SSSR count). The molecule has 0 aromatic heterocycles. The number of carboxylic acid groups (broad SMARTS) is 1. The van der Waals surface area contributed by atoms with Crippen LogP contribution in [0.5, 0.6) is 0 Å². The number of hydrogen-bond donors (Lipinski definition) is 2. The molecule has 0 aliphatic carbocycles. The highest BCUT2D eigenvalue weighted by Gasteiger charge is 2.38. The average Bonchev–Trinajstić information content (AvgIpc) is 2.75. The smallest absolute Gasteiger partial charge is 0.334 e. The first-order chi connectivity index (χ1) is 9.50. The van der Waals surface area contributed by atoms with Crippen molar-refractivity contribution in [3.63, 3.8) is 0 Å². The van der Waals surface area contributed by atoms with E-state index in [9.17, 15) is 13.2 Å². The molecular formula is C12H22N2O5S. The molecule has 0 saturated carbocycles. The monoisotopic (exact) mass is 306 g/mol. The fourth-order valence-corrected chi connectivity index (χ4v) is 4.19. The van der Waals surface area contributed by atoms with Crippen molar-refractivity contribution < 1.29 is 23.1 Å². The first kappa shape index (κ1) is 15.7. The zero-order valence-corrected chi connectivity index (χ0v) is 12.3. The van der Waals surface area contributed by atoms with Crippen LogP contribution in [-0.2, 0) is 19.7 Å². The van der Waals surface area contributed by atoms with Crippen LogP contribution in [0.15, 0.2) is 0 Å². The van der Waals surface area contributed by atoms with Gasteiger partial charge in [0, 0.05) is 19.7 Å². The van der Waals surface area contributed by atoms with Crippen molar-refractivity contribution in [2.75, 3.05) is 19.7 Å². The molecule has 0 aromatic carbocycles. The summed E-state index contributed by atoms with van der Waals surface area (Å²) in [7, 11) is -3.63. The van der Waals surface area contributed by atoms with E-state index in [4.69, 9.17) is 9.84 Å². The average molecular weight is 306 g/mol. The molecule has 2 aliphatic rings. The zero-order chi connectivity index (χ0) is 14.6. The molecule has 0 unspecified atom stereocenters. The van der Waals surface area contributed by atoms with Crippen LogP contribution >= 0.6 is 0 Å². The van der Waals surface area contributed by atoms with Crippen molar-refractivity contribution in [3.05, 3.63) is 0 Å². The first-order valence-electron chi connectivity index (χ1n) is 7.12. The summed E-state index contributed by atoms with van der Waals surface area (Å²) in [5.41, 5.74) is 0. The number of carboxylic acids is 1. The van der Waals surface area contributed by atoms with Crippen LogP contribution in [0.1, 0.15) is 38.5 Å². The molecular weight excluding hydrogens is 284 g/mol. The van der Waals surface area contributed by atoms with Crippen molar-refractivity contribution in [3.8, 4) is 0 Å². The summed E-state index contributed by atoms with van der Waals surface area (Å²) in [6.45, 7) is 1.27. The standard InChI is InChI=1S/C12H22N2O5S/c15-12(16)11-10(6-9-19-11)13-20(17,18)14-7-4-2-1-3-5-8-14/h10-11,13H,1-9H2,(H,15,16)/t10-,11+/m0/s1. The molecule has 0 spiro atoms. The highest BCUT2D eigenvalue weighted by molar-refractivity contribution is 7.87. The Hall–Kier alpha value is -0.700. The van der Waals surface area contributed by atoms with Crippen LogP contribution in [0, 0.1) is 0 Å². The van der Waals surface area contributed by atoms with Gasteiger partial charge in [0.1, 0.15) is 0 Å². The fourth-order valence-electron chi connectivity index (χ4n) is 2.68. The summed E-state index contributed by atoms with van der Waals surface area (Å²) < 4.78 is 33.7. The largest absolute Gasteiger partial charge is 0.479 e. The second-order valence-electron chi connectivity index (χ2n) is 5.31. The van der Waals surface area contributed by atoms with Crippen LogP contribution in [-0.4, -0.2) is 55.6 Å². The Morgan fingerprint density at radius 3 is 2.35 bits per heavy atom. The van der Waals surface area contributed by atoms with E-state index >= 15 is 0 Å². The van der Waals surface area contributed by atoms with E-state index in [0.717, 1.165) is 32.1 Å². The fraction of sp³-hybridized carbons (Fsp3) is 0.917. The Kier molecular flexibility index (Phi) is 5.36. The lowest BCUT2D eigenvalue weighted by Crippen LogP contribution is -2.50. The molecule has 2 atom stereocenters. The van der Waals surface area contributed by atoms with Crippen LogP contribution in [0.3, 0.4) is 0 Å². The first-order valence-corrected chi connectivity index (χ1v) is 8.56. The Morgan fingerprint density at radius 1 is 1.15 bits per heavy atom. The van der Waals surface area contributed by atoms with Gasteiger partial charge in [-0.1, -0.05) is 19.3 Å². The lowest BCUT2D eigenvalue weighted by molar-refractivity contribution is -0.148. The summed E-state index contributed by atoms with van der Waals surface area (Å²) in [4.78, 5) is 11.0. The molecule has 2 aliphatic heterocycles. The van der Waals surface area contributed by atoms with Crippen LogP contribution in [0.25, 0.3) is 0 Å². The second kappa shape index (κ2) is 6.84. The van der Waals surface area contributed by atoms with Crippen LogP contribution in [0.2, 0.25) is 0 Å². The summed E-state index contributed by atoms with van der Waals surface area (Å²) in [5.74, 6) is -1.12. The summed E-state index contributed by atoms with van der Waals surface area (Å²) in [5, 5.41) is 9.00. The Morgan fingerprint density at radius 2 is 1.75 bits per heavy atom. The minimum atomic E-state index is -3.63. The molecule has 0 bridgehead atoms. The lowest BCUT2D eigenvalue weighted by atomic mass is 10.1. The molecule has 0 amide bonds. The van der Waals surface area contributed by atoms with E-state index in [1.807, 2.05) is 0 Å². The number of ether oxygens (including phenoxy) is 1. The molecule has 0 aromatic rings. The maximum Gasteiger partial charge on any atom is 0.334 e. The predicted molar refractivity (Wildman–Crippen MR) is 72.5 cm³/mol. The third-order valence-corrected chi connectivity index (χ3v) is 5.44. The Balaban J connectivity index is 2.00.